The van der Waals surface area contributed by atoms with Crippen molar-refractivity contribution in [3.8, 4) is 0 Å². The van der Waals surface area contributed by atoms with Crippen molar-refractivity contribution in [1.82, 2.24) is 0 Å². The first-order valence-corrected chi connectivity index (χ1v) is 4.95. The number of nitrogens with one attached hydrogen (secondary N) is 2. The molecule has 0 unspecified atom stereocenters. The molecule has 0 atom stereocenters. The fraction of sp³-hybridized carbons (Fsp3) is 0.455. The van der Waals surface area contributed by atoms with Crippen LogP contribution < -0.4 is 10.6 Å². The number of hydrogen-bond acceptors (Lipinski definition) is 2. The quantitative estimate of drug-likeness (QED) is 0.635. The average molecular weight is 176 g/mol. The maximum Gasteiger partial charge on any atom is 0.0578 e. The van der Waals surface area contributed by atoms with E-state index in [0.717, 1.165) is 13.1 Å². The molecular weight excluding hydrogens is 160 g/mol. The highest BCUT2D eigenvalue weighted by Gasteiger charge is 2.04. The fourth-order valence-corrected chi connectivity index (χ4v) is 1.65. The van der Waals surface area contributed by atoms with Crippen LogP contribution in [0.2, 0.25) is 0 Å². The number of benzene rings is 1. The van der Waals surface area contributed by atoms with Crippen LogP contribution in [0, 0.1) is 6.92 Å². The smallest absolute Gasteiger partial charge is 0.0578 e. The van der Waals surface area contributed by atoms with Crippen LogP contribution in [0.15, 0.2) is 18.2 Å². The maximum atomic E-state index is 3.44. The van der Waals surface area contributed by atoms with E-state index in [4.69, 9.17) is 0 Å². The summed E-state index contributed by atoms with van der Waals surface area (Å²) in [4.78, 5) is 0. The second-order valence-corrected chi connectivity index (χ2v) is 3.61. The normalized spacial score (nSPS) is 16.1. The van der Waals surface area contributed by atoms with Crippen molar-refractivity contribution in [1.29, 1.82) is 0 Å². The molecule has 1 aromatic carbocycles. The first-order chi connectivity index (χ1) is 6.36. The summed E-state index contributed by atoms with van der Waals surface area (Å²) in [5, 5.41) is 6.87. The highest BCUT2D eigenvalue weighted by atomic mass is 15.0. The summed E-state index contributed by atoms with van der Waals surface area (Å²) in [7, 11) is 0. The van der Waals surface area contributed by atoms with E-state index in [1.54, 1.807) is 0 Å². The SMILES string of the molecule is Cc1ccc2c(c1)NCCCCN2. The van der Waals surface area contributed by atoms with Crippen molar-refractivity contribution in [2.75, 3.05) is 23.7 Å². The molecule has 0 spiro atoms. The second kappa shape index (κ2) is 3.69. The van der Waals surface area contributed by atoms with Crippen molar-refractivity contribution in [2.45, 2.75) is 19.8 Å². The Labute approximate surface area is 79.4 Å². The lowest BCUT2D eigenvalue weighted by Crippen LogP contribution is -2.12. The van der Waals surface area contributed by atoms with Crippen LogP contribution in [0.1, 0.15) is 18.4 Å². The van der Waals surface area contributed by atoms with Gasteiger partial charge < -0.3 is 10.6 Å². The van der Waals surface area contributed by atoms with Crippen LogP contribution >= 0.6 is 0 Å². The Bertz CT molecular complexity index is 294. The van der Waals surface area contributed by atoms with Crippen molar-refractivity contribution < 1.29 is 0 Å². The van der Waals surface area contributed by atoms with Crippen molar-refractivity contribution in [3.63, 3.8) is 0 Å². The molecule has 0 saturated heterocycles. The van der Waals surface area contributed by atoms with Crippen LogP contribution in [0.4, 0.5) is 11.4 Å². The van der Waals surface area contributed by atoms with E-state index in [1.807, 2.05) is 0 Å². The van der Waals surface area contributed by atoms with Gasteiger partial charge in [0.25, 0.3) is 0 Å². The van der Waals surface area contributed by atoms with Gasteiger partial charge in [0.1, 0.15) is 0 Å². The molecule has 1 aromatic rings. The fourth-order valence-electron chi connectivity index (χ4n) is 1.65. The zero-order valence-electron chi connectivity index (χ0n) is 8.06. The van der Waals surface area contributed by atoms with E-state index in [0.29, 0.717) is 0 Å². The predicted octanol–water partition coefficient (Wildman–Crippen LogP) is 2.61. The molecule has 0 radical (unpaired) electrons. The number of rotatable bonds is 0. The number of anilines is 2. The molecule has 1 aliphatic heterocycles. The van der Waals surface area contributed by atoms with Gasteiger partial charge in [-0.25, -0.2) is 0 Å². The standard InChI is InChI=1S/C11H16N2/c1-9-4-5-10-11(8-9)13-7-3-2-6-12-10/h4-5,8,12-13H,2-3,6-7H2,1H3. The van der Waals surface area contributed by atoms with Gasteiger partial charge in [0.05, 0.1) is 11.4 Å². The number of fused-ring (bicyclic) bond motifs is 1. The molecule has 0 aromatic heterocycles. The molecule has 0 amide bonds. The third-order valence-corrected chi connectivity index (χ3v) is 2.41. The van der Waals surface area contributed by atoms with E-state index >= 15 is 0 Å². The van der Waals surface area contributed by atoms with Gasteiger partial charge in [-0.15, -0.1) is 0 Å². The highest BCUT2D eigenvalue weighted by Crippen LogP contribution is 2.24. The molecule has 0 saturated carbocycles. The molecule has 70 valence electrons. The van der Waals surface area contributed by atoms with E-state index in [1.165, 1.54) is 29.8 Å². The summed E-state index contributed by atoms with van der Waals surface area (Å²) in [6, 6.07) is 6.51. The molecule has 0 fully saturated rings. The first-order valence-electron chi connectivity index (χ1n) is 4.95. The number of aryl methyl sites for hydroxylation is 1. The van der Waals surface area contributed by atoms with Gasteiger partial charge in [-0.2, -0.15) is 0 Å². The third kappa shape index (κ3) is 1.94. The van der Waals surface area contributed by atoms with Gasteiger partial charge in [0, 0.05) is 13.1 Å². The van der Waals surface area contributed by atoms with Gasteiger partial charge >= 0.3 is 0 Å². The van der Waals surface area contributed by atoms with Crippen LogP contribution in [-0.2, 0) is 0 Å². The average Bonchev–Trinajstić information content (AvgIpc) is 2.08. The molecule has 2 rings (SSSR count). The Morgan fingerprint density at radius 2 is 1.69 bits per heavy atom. The lowest BCUT2D eigenvalue weighted by Gasteiger charge is -2.17. The zero-order chi connectivity index (χ0) is 9.10. The Balaban J connectivity index is 2.28. The molecular formula is C11H16N2. The molecule has 0 bridgehead atoms. The zero-order valence-corrected chi connectivity index (χ0v) is 8.06. The van der Waals surface area contributed by atoms with Gasteiger partial charge in [0.15, 0.2) is 0 Å². The van der Waals surface area contributed by atoms with Gasteiger partial charge in [-0.1, -0.05) is 6.07 Å². The van der Waals surface area contributed by atoms with Crippen LogP contribution in [0.5, 0.6) is 0 Å². The van der Waals surface area contributed by atoms with E-state index < -0.39 is 0 Å². The Morgan fingerprint density at radius 1 is 1.00 bits per heavy atom. The molecule has 2 nitrogen and oxygen atoms in total. The van der Waals surface area contributed by atoms with E-state index in [-0.39, 0.29) is 0 Å². The highest BCUT2D eigenvalue weighted by molar-refractivity contribution is 5.69. The maximum absolute atomic E-state index is 3.44. The van der Waals surface area contributed by atoms with Gasteiger partial charge in [0.2, 0.25) is 0 Å². The molecule has 2 heteroatoms. The summed E-state index contributed by atoms with van der Waals surface area (Å²) >= 11 is 0. The summed E-state index contributed by atoms with van der Waals surface area (Å²) in [6.07, 6.45) is 2.50. The molecule has 0 aliphatic carbocycles. The Morgan fingerprint density at radius 3 is 2.46 bits per heavy atom. The van der Waals surface area contributed by atoms with Crippen molar-refractivity contribution in [2.24, 2.45) is 0 Å². The van der Waals surface area contributed by atoms with Crippen LogP contribution in [0.3, 0.4) is 0 Å². The molecule has 13 heavy (non-hydrogen) atoms. The summed E-state index contributed by atoms with van der Waals surface area (Å²) < 4.78 is 0. The summed E-state index contributed by atoms with van der Waals surface area (Å²) in [5.41, 5.74) is 3.80. The van der Waals surface area contributed by atoms with Crippen LogP contribution in [-0.4, -0.2) is 13.1 Å². The topological polar surface area (TPSA) is 24.1 Å². The van der Waals surface area contributed by atoms with E-state index in [2.05, 4.69) is 35.8 Å². The minimum Gasteiger partial charge on any atom is -0.383 e. The molecule has 1 heterocycles. The molecule has 1 aliphatic rings. The van der Waals surface area contributed by atoms with Crippen LogP contribution in [0.25, 0.3) is 0 Å². The Kier molecular flexibility index (Phi) is 2.39. The molecule has 2 N–H and O–H groups in total. The largest absolute Gasteiger partial charge is 0.383 e. The summed E-state index contributed by atoms with van der Waals surface area (Å²) in [6.45, 7) is 4.32. The van der Waals surface area contributed by atoms with Gasteiger partial charge in [-0.3, -0.25) is 0 Å². The monoisotopic (exact) mass is 176 g/mol. The lowest BCUT2D eigenvalue weighted by atomic mass is 10.1. The minimum atomic E-state index is 1.09. The second-order valence-electron chi connectivity index (χ2n) is 3.61. The lowest BCUT2D eigenvalue weighted by molar-refractivity contribution is 0.787. The van der Waals surface area contributed by atoms with Crippen molar-refractivity contribution >= 4 is 11.4 Å². The number of hydrogen-bond donors (Lipinski definition) is 2. The van der Waals surface area contributed by atoms with E-state index in [9.17, 15) is 0 Å². The summed E-state index contributed by atoms with van der Waals surface area (Å²) in [5.74, 6) is 0. The van der Waals surface area contributed by atoms with Crippen molar-refractivity contribution in [3.05, 3.63) is 23.8 Å². The third-order valence-electron chi connectivity index (χ3n) is 2.41. The first kappa shape index (κ1) is 8.42. The predicted molar refractivity (Wildman–Crippen MR) is 57.4 cm³/mol. The Hall–Kier alpha value is -1.18. The minimum absolute atomic E-state index is 1.09. The van der Waals surface area contributed by atoms with Gasteiger partial charge in [-0.05, 0) is 37.5 Å².